The fourth-order valence-electron chi connectivity index (χ4n) is 3.28. The molecule has 0 aromatic heterocycles. The fraction of sp³-hybridized carbons (Fsp3) is 0.217. The van der Waals surface area contributed by atoms with E-state index in [1.807, 2.05) is 22.6 Å². The Kier molecular flexibility index (Phi) is 8.87. The van der Waals surface area contributed by atoms with Gasteiger partial charge in [-0.3, -0.25) is 4.79 Å². The number of rotatable bonds is 8. The number of nitrogens with one attached hydrogen (secondary N) is 3. The number of hydrazone groups is 1. The number of nitrogens with zero attached hydrogens (tertiary/aromatic N) is 1. The van der Waals surface area contributed by atoms with Crippen LogP contribution in [0.5, 0.6) is 17.2 Å². The summed E-state index contributed by atoms with van der Waals surface area (Å²) >= 11 is 7.17. The van der Waals surface area contributed by atoms with E-state index in [2.05, 4.69) is 21.2 Å². The van der Waals surface area contributed by atoms with Crippen LogP contribution in [-0.4, -0.2) is 46.6 Å². The van der Waals surface area contributed by atoms with Gasteiger partial charge in [0.1, 0.15) is 17.2 Å². The summed E-state index contributed by atoms with van der Waals surface area (Å²) in [5.41, 5.74) is 4.15. The molecule has 2 aromatic carbocycles. The number of phenols is 2. The molecule has 0 saturated heterocycles. The molecular weight excluding hydrogens is 587 g/mol. The number of carbonyl (C=O) groups is 2. The lowest BCUT2D eigenvalue weighted by molar-refractivity contribution is -0.139. The highest BCUT2D eigenvalue weighted by Gasteiger charge is 2.32. The van der Waals surface area contributed by atoms with Gasteiger partial charge in [-0.05, 0) is 60.8 Å². The Morgan fingerprint density at radius 3 is 2.74 bits per heavy atom. The molecule has 1 aliphatic rings. The third-order valence-corrected chi connectivity index (χ3v) is 5.93. The predicted molar refractivity (Wildman–Crippen MR) is 141 cm³/mol. The number of thiocarbonyl (C=S) groups is 1. The van der Waals surface area contributed by atoms with Gasteiger partial charge in [-0.1, -0.05) is 18.2 Å². The molecule has 10 nitrogen and oxygen atoms in total. The molecule has 5 N–H and O–H groups in total. The third kappa shape index (κ3) is 6.60. The van der Waals surface area contributed by atoms with Gasteiger partial charge in [-0.25, -0.2) is 10.2 Å². The van der Waals surface area contributed by atoms with Crippen LogP contribution < -0.4 is 20.8 Å². The molecule has 1 heterocycles. The van der Waals surface area contributed by atoms with Gasteiger partial charge >= 0.3 is 5.97 Å². The van der Waals surface area contributed by atoms with E-state index in [0.717, 1.165) is 0 Å². The lowest BCUT2D eigenvalue weighted by Crippen LogP contribution is -2.45. The summed E-state index contributed by atoms with van der Waals surface area (Å²) in [6.45, 7) is 3.31. The van der Waals surface area contributed by atoms with Gasteiger partial charge in [-0.15, -0.1) is 0 Å². The van der Waals surface area contributed by atoms with Gasteiger partial charge in [0, 0.05) is 22.9 Å². The van der Waals surface area contributed by atoms with Crippen molar-refractivity contribution in [1.82, 2.24) is 16.1 Å². The second-order valence-electron chi connectivity index (χ2n) is 7.27. The lowest BCUT2D eigenvalue weighted by atomic mass is 9.95. The number of phenolic OH excluding ortho intramolecular Hbond substituents is 2. The fourth-order valence-corrected chi connectivity index (χ4v) is 4.04. The van der Waals surface area contributed by atoms with E-state index in [1.165, 1.54) is 18.3 Å². The molecule has 0 bridgehead atoms. The maximum Gasteiger partial charge on any atom is 0.338 e. The van der Waals surface area contributed by atoms with E-state index in [0.29, 0.717) is 36.8 Å². The zero-order valence-electron chi connectivity index (χ0n) is 18.8. The number of hydrogen-bond acceptors (Lipinski definition) is 8. The molecule has 1 aliphatic heterocycles. The minimum atomic E-state index is -0.639. The van der Waals surface area contributed by atoms with E-state index in [9.17, 15) is 19.8 Å². The number of allylic oxidation sites excluding steroid dienone is 1. The smallest absolute Gasteiger partial charge is 0.338 e. The lowest BCUT2D eigenvalue weighted by Gasteiger charge is -2.30. The molecule has 0 radical (unpaired) electrons. The Morgan fingerprint density at radius 2 is 2.00 bits per heavy atom. The van der Waals surface area contributed by atoms with Gasteiger partial charge in [-0.2, -0.15) is 5.10 Å². The average Bonchev–Trinajstić information content (AvgIpc) is 2.80. The van der Waals surface area contributed by atoms with E-state index < -0.39 is 17.9 Å². The summed E-state index contributed by atoms with van der Waals surface area (Å²) in [6.07, 6.45) is 1.25. The van der Waals surface area contributed by atoms with Crippen LogP contribution in [0.2, 0.25) is 0 Å². The van der Waals surface area contributed by atoms with Crippen molar-refractivity contribution < 1.29 is 29.3 Å². The maximum atomic E-state index is 12.6. The van der Waals surface area contributed by atoms with E-state index >= 15 is 0 Å². The number of carbonyl (C=O) groups excluding carboxylic acids is 2. The quantitative estimate of drug-likeness (QED) is 0.100. The second kappa shape index (κ2) is 11.8. The van der Waals surface area contributed by atoms with Crippen molar-refractivity contribution in [3.63, 3.8) is 0 Å². The van der Waals surface area contributed by atoms with Crippen LogP contribution in [0.15, 0.2) is 52.8 Å². The van der Waals surface area contributed by atoms with Crippen molar-refractivity contribution in [2.45, 2.75) is 19.9 Å². The zero-order valence-corrected chi connectivity index (χ0v) is 21.8. The van der Waals surface area contributed by atoms with Crippen LogP contribution in [0.3, 0.4) is 0 Å². The number of amides is 1. The number of benzene rings is 2. The molecular formula is C23H23IN4O6S. The van der Waals surface area contributed by atoms with Crippen molar-refractivity contribution in [3.05, 3.63) is 62.4 Å². The van der Waals surface area contributed by atoms with E-state index in [4.69, 9.17) is 21.7 Å². The molecule has 0 fully saturated rings. The normalized spacial score (nSPS) is 15.4. The molecule has 3 rings (SSSR count). The molecule has 0 unspecified atom stereocenters. The van der Waals surface area contributed by atoms with Crippen molar-refractivity contribution in [3.8, 4) is 17.2 Å². The van der Waals surface area contributed by atoms with Gasteiger partial charge in [0.25, 0.3) is 5.91 Å². The Hall–Kier alpha value is -3.39. The van der Waals surface area contributed by atoms with E-state index in [-0.39, 0.29) is 24.7 Å². The molecule has 0 saturated carbocycles. The number of ether oxygens (including phenoxy) is 2. The van der Waals surface area contributed by atoms with Crippen molar-refractivity contribution >= 4 is 58.0 Å². The first kappa shape index (κ1) is 26.2. The van der Waals surface area contributed by atoms with Gasteiger partial charge in [0.05, 0.1) is 28.0 Å². The monoisotopic (exact) mass is 610 g/mol. The third-order valence-electron chi connectivity index (χ3n) is 4.84. The minimum absolute atomic E-state index is 0.0588. The summed E-state index contributed by atoms with van der Waals surface area (Å²) in [5, 5.41) is 29.6. The molecule has 35 heavy (non-hydrogen) atoms. The average molecular weight is 610 g/mol. The standard InChI is InChI=1S/C23H23IN4O6S/c1-3-33-22(32)20-12(2)26-23(35)27-21(20)14-6-4-5-7-18(14)34-11-19(31)28-25-10-13-8-15(24)17(30)9-16(13)29/h4-10,21,29-30H,3,11H2,1-2H3,(H,28,31)(H2,26,27,35)/t21-/m1/s1. The maximum absolute atomic E-state index is 12.6. The first-order valence-corrected chi connectivity index (χ1v) is 11.9. The van der Waals surface area contributed by atoms with Crippen molar-refractivity contribution in [2.24, 2.45) is 5.10 Å². The highest BCUT2D eigenvalue weighted by molar-refractivity contribution is 14.1. The number of hydrogen-bond donors (Lipinski definition) is 5. The molecule has 1 atom stereocenters. The van der Waals surface area contributed by atoms with Crippen LogP contribution in [0.1, 0.15) is 31.0 Å². The number of para-hydroxylation sites is 1. The Morgan fingerprint density at radius 1 is 1.26 bits per heavy atom. The van der Waals surface area contributed by atoms with Gasteiger partial charge < -0.3 is 30.3 Å². The largest absolute Gasteiger partial charge is 0.507 e. The summed E-state index contributed by atoms with van der Waals surface area (Å²) in [4.78, 5) is 24.9. The first-order valence-electron chi connectivity index (χ1n) is 10.4. The topological polar surface area (TPSA) is 142 Å². The number of esters is 1. The summed E-state index contributed by atoms with van der Waals surface area (Å²) in [5.74, 6) is -0.911. The number of halogens is 1. The molecule has 0 aliphatic carbocycles. The summed E-state index contributed by atoms with van der Waals surface area (Å²) < 4.78 is 11.4. The highest BCUT2D eigenvalue weighted by atomic mass is 127. The van der Waals surface area contributed by atoms with Gasteiger partial charge in [0.2, 0.25) is 0 Å². The van der Waals surface area contributed by atoms with Gasteiger partial charge in [0.15, 0.2) is 11.7 Å². The second-order valence-corrected chi connectivity index (χ2v) is 8.84. The molecule has 0 spiro atoms. The number of aromatic hydroxyl groups is 2. The van der Waals surface area contributed by atoms with Crippen LogP contribution in [0.4, 0.5) is 0 Å². The summed E-state index contributed by atoms with van der Waals surface area (Å²) in [6, 6.07) is 9.02. The SMILES string of the molecule is CCOC(=O)C1=C(C)NC(=S)N[C@@H]1c1ccccc1OCC(=O)NN=Cc1cc(I)c(O)cc1O. The highest BCUT2D eigenvalue weighted by Crippen LogP contribution is 2.33. The Labute approximate surface area is 220 Å². The molecule has 12 heteroatoms. The van der Waals surface area contributed by atoms with E-state index in [1.54, 1.807) is 38.1 Å². The molecule has 1 amide bonds. The van der Waals surface area contributed by atoms with Crippen LogP contribution in [-0.2, 0) is 14.3 Å². The molecule has 184 valence electrons. The van der Waals surface area contributed by atoms with Crippen molar-refractivity contribution in [2.75, 3.05) is 13.2 Å². The Bertz CT molecular complexity index is 1220. The predicted octanol–water partition coefficient (Wildman–Crippen LogP) is 2.59. The van der Waals surface area contributed by atoms with Crippen LogP contribution >= 0.6 is 34.8 Å². The van der Waals surface area contributed by atoms with Crippen LogP contribution in [0.25, 0.3) is 0 Å². The minimum Gasteiger partial charge on any atom is -0.507 e. The Balaban J connectivity index is 1.72. The summed E-state index contributed by atoms with van der Waals surface area (Å²) in [7, 11) is 0. The molecule has 2 aromatic rings. The zero-order chi connectivity index (χ0) is 25.5. The first-order chi connectivity index (χ1) is 16.7. The van der Waals surface area contributed by atoms with Crippen molar-refractivity contribution in [1.29, 1.82) is 0 Å². The van der Waals surface area contributed by atoms with Crippen LogP contribution in [0, 0.1) is 3.57 Å².